The summed E-state index contributed by atoms with van der Waals surface area (Å²) in [7, 11) is 1.94. The van der Waals surface area contributed by atoms with Gasteiger partial charge in [-0.3, -0.25) is 4.68 Å². The Balaban J connectivity index is 1.87. The van der Waals surface area contributed by atoms with E-state index in [0.29, 0.717) is 5.89 Å². The normalized spacial score (nSPS) is 12.6. The third-order valence-electron chi connectivity index (χ3n) is 4.12. The molecule has 2 aromatic heterocycles. The summed E-state index contributed by atoms with van der Waals surface area (Å²) < 4.78 is 7.39. The number of oxazole rings is 1. The summed E-state index contributed by atoms with van der Waals surface area (Å²) in [5.74, 6) is 0.686. The van der Waals surface area contributed by atoms with Crippen LogP contribution in [0.1, 0.15) is 46.2 Å². The molecule has 0 aliphatic heterocycles. The van der Waals surface area contributed by atoms with Crippen molar-refractivity contribution in [3.05, 3.63) is 53.2 Å². The Bertz CT molecular complexity index is 904. The van der Waals surface area contributed by atoms with Crippen LogP contribution in [0, 0.1) is 0 Å². The highest BCUT2D eigenvalue weighted by atomic mass is 35.5. The molecule has 0 amide bonds. The van der Waals surface area contributed by atoms with Crippen molar-refractivity contribution in [1.29, 1.82) is 0 Å². The molecule has 0 saturated heterocycles. The van der Waals surface area contributed by atoms with Gasteiger partial charge in [-0.1, -0.05) is 32.4 Å². The number of thioether (sulfide) groups is 1. The van der Waals surface area contributed by atoms with Gasteiger partial charge in [0.2, 0.25) is 5.89 Å². The van der Waals surface area contributed by atoms with Gasteiger partial charge in [-0.05, 0) is 44.2 Å². The number of aryl methyl sites for hydroxylation is 1. The van der Waals surface area contributed by atoms with Gasteiger partial charge in [0.1, 0.15) is 12.0 Å². The molecule has 1 aromatic carbocycles. The van der Waals surface area contributed by atoms with Crippen molar-refractivity contribution < 1.29 is 4.42 Å². The van der Waals surface area contributed by atoms with Gasteiger partial charge in [-0.2, -0.15) is 5.10 Å². The Kier molecular flexibility index (Phi) is 4.97. The minimum Gasteiger partial charge on any atom is -0.447 e. The van der Waals surface area contributed by atoms with E-state index in [1.54, 1.807) is 18.0 Å². The first kappa shape index (κ1) is 19.1. The van der Waals surface area contributed by atoms with Crippen molar-refractivity contribution in [2.45, 2.75) is 49.7 Å². The first-order valence-electron chi connectivity index (χ1n) is 8.52. The largest absolute Gasteiger partial charge is 0.447 e. The molecule has 0 bridgehead atoms. The molecule has 3 aromatic rings. The van der Waals surface area contributed by atoms with Crippen LogP contribution in [0.5, 0.6) is 0 Å². The highest BCUT2D eigenvalue weighted by molar-refractivity contribution is 8.00. The highest BCUT2D eigenvalue weighted by Gasteiger charge is 2.29. The van der Waals surface area contributed by atoms with Gasteiger partial charge < -0.3 is 4.42 Å². The standard InChI is InChI=1S/C20H24ClN3OS/c1-19(2,3)17-11-16(24(6)23-17)15-12-25-18(22-15)20(4,5)26-14-9-7-13(21)8-10-14/h7-12H,1-6H3. The molecule has 2 heterocycles. The van der Waals surface area contributed by atoms with Crippen LogP contribution >= 0.6 is 23.4 Å². The lowest BCUT2D eigenvalue weighted by Crippen LogP contribution is -2.12. The zero-order valence-electron chi connectivity index (χ0n) is 16.0. The minimum atomic E-state index is -0.308. The second kappa shape index (κ2) is 6.78. The molecule has 26 heavy (non-hydrogen) atoms. The SMILES string of the molecule is Cn1nc(C(C)(C)C)cc1-c1coc(C(C)(C)Sc2ccc(Cl)cc2)n1. The van der Waals surface area contributed by atoms with Gasteiger partial charge in [0, 0.05) is 22.4 Å². The van der Waals surface area contributed by atoms with Crippen molar-refractivity contribution in [1.82, 2.24) is 14.8 Å². The van der Waals surface area contributed by atoms with Gasteiger partial charge in [-0.15, -0.1) is 11.8 Å². The number of hydrogen-bond donors (Lipinski definition) is 0. The van der Waals surface area contributed by atoms with Gasteiger partial charge in [0.15, 0.2) is 0 Å². The summed E-state index contributed by atoms with van der Waals surface area (Å²) in [5.41, 5.74) is 2.79. The average molecular weight is 390 g/mol. The van der Waals surface area contributed by atoms with E-state index < -0.39 is 0 Å². The van der Waals surface area contributed by atoms with Crippen molar-refractivity contribution in [2.24, 2.45) is 7.05 Å². The molecule has 0 radical (unpaired) electrons. The predicted octanol–water partition coefficient (Wildman–Crippen LogP) is 6.05. The minimum absolute atomic E-state index is 0.00766. The molecule has 0 spiro atoms. The molecule has 0 aliphatic carbocycles. The summed E-state index contributed by atoms with van der Waals surface area (Å²) in [6.45, 7) is 10.7. The fourth-order valence-corrected chi connectivity index (χ4v) is 3.75. The van der Waals surface area contributed by atoms with Gasteiger partial charge in [0.05, 0.1) is 16.1 Å². The summed E-state index contributed by atoms with van der Waals surface area (Å²) in [5, 5.41) is 5.36. The van der Waals surface area contributed by atoms with Crippen molar-refractivity contribution in [2.75, 3.05) is 0 Å². The third kappa shape index (κ3) is 3.99. The number of rotatable bonds is 4. The molecule has 6 heteroatoms. The molecular weight excluding hydrogens is 366 g/mol. The maximum Gasteiger partial charge on any atom is 0.210 e. The predicted molar refractivity (Wildman–Crippen MR) is 108 cm³/mol. The van der Waals surface area contributed by atoms with Crippen molar-refractivity contribution >= 4 is 23.4 Å². The van der Waals surface area contributed by atoms with Crippen LogP contribution in [0.25, 0.3) is 11.4 Å². The fraction of sp³-hybridized carbons (Fsp3) is 0.400. The number of benzene rings is 1. The molecule has 0 fully saturated rings. The number of halogens is 1. The number of hydrogen-bond acceptors (Lipinski definition) is 4. The zero-order valence-corrected chi connectivity index (χ0v) is 17.6. The van der Waals surface area contributed by atoms with Crippen LogP contribution in [-0.2, 0) is 17.2 Å². The monoisotopic (exact) mass is 389 g/mol. The molecule has 0 saturated carbocycles. The van der Waals surface area contributed by atoms with E-state index in [2.05, 4.69) is 45.8 Å². The second-order valence-electron chi connectivity index (χ2n) is 7.89. The molecule has 0 N–H and O–H groups in total. The maximum atomic E-state index is 5.97. The summed E-state index contributed by atoms with van der Waals surface area (Å²) in [4.78, 5) is 5.87. The zero-order chi connectivity index (χ0) is 19.1. The van der Waals surface area contributed by atoms with E-state index in [1.807, 2.05) is 36.0 Å². The molecule has 3 rings (SSSR count). The Morgan fingerprint density at radius 3 is 2.31 bits per heavy atom. The fourth-order valence-electron chi connectivity index (χ4n) is 2.58. The Hall–Kier alpha value is -1.72. The van der Waals surface area contributed by atoms with Gasteiger partial charge in [-0.25, -0.2) is 4.98 Å². The lowest BCUT2D eigenvalue weighted by molar-refractivity contribution is 0.452. The Morgan fingerprint density at radius 2 is 1.73 bits per heavy atom. The molecular formula is C20H24ClN3OS. The van der Waals surface area contributed by atoms with Crippen LogP contribution in [0.2, 0.25) is 5.02 Å². The van der Waals surface area contributed by atoms with Crippen LogP contribution < -0.4 is 0 Å². The lowest BCUT2D eigenvalue weighted by atomic mass is 9.92. The molecule has 0 atom stereocenters. The first-order valence-corrected chi connectivity index (χ1v) is 9.71. The van der Waals surface area contributed by atoms with Gasteiger partial charge in [0.25, 0.3) is 0 Å². The number of aromatic nitrogens is 3. The van der Waals surface area contributed by atoms with E-state index >= 15 is 0 Å². The highest BCUT2D eigenvalue weighted by Crippen LogP contribution is 2.41. The first-order chi connectivity index (χ1) is 12.1. The Morgan fingerprint density at radius 1 is 1.08 bits per heavy atom. The quantitative estimate of drug-likeness (QED) is 0.509. The van der Waals surface area contributed by atoms with Gasteiger partial charge >= 0.3 is 0 Å². The van der Waals surface area contributed by atoms with Crippen molar-refractivity contribution in [3.8, 4) is 11.4 Å². The van der Waals surface area contributed by atoms with Crippen molar-refractivity contribution in [3.63, 3.8) is 0 Å². The third-order valence-corrected chi connectivity index (χ3v) is 5.56. The molecule has 4 nitrogen and oxygen atoms in total. The van der Waals surface area contributed by atoms with Crippen LogP contribution in [0.15, 0.2) is 45.9 Å². The van der Waals surface area contributed by atoms with E-state index in [0.717, 1.165) is 27.0 Å². The van der Waals surface area contributed by atoms with E-state index in [4.69, 9.17) is 21.0 Å². The maximum absolute atomic E-state index is 5.97. The Labute approximate surface area is 164 Å². The molecule has 0 aliphatic rings. The molecule has 138 valence electrons. The average Bonchev–Trinajstić information content (AvgIpc) is 3.15. The van der Waals surface area contributed by atoms with E-state index in [9.17, 15) is 0 Å². The smallest absolute Gasteiger partial charge is 0.210 e. The van der Waals surface area contributed by atoms with Crippen LogP contribution in [-0.4, -0.2) is 14.8 Å². The summed E-state index contributed by atoms with van der Waals surface area (Å²) in [6.07, 6.45) is 1.71. The van der Waals surface area contributed by atoms with Crippen LogP contribution in [0.3, 0.4) is 0 Å². The summed E-state index contributed by atoms with van der Waals surface area (Å²) >= 11 is 7.66. The van der Waals surface area contributed by atoms with E-state index in [-0.39, 0.29) is 10.2 Å². The van der Waals surface area contributed by atoms with Crippen LogP contribution in [0.4, 0.5) is 0 Å². The van der Waals surface area contributed by atoms with E-state index in [1.165, 1.54) is 0 Å². The molecule has 0 unspecified atom stereocenters. The topological polar surface area (TPSA) is 43.9 Å². The lowest BCUT2D eigenvalue weighted by Gasteiger charge is -2.19. The summed E-state index contributed by atoms with van der Waals surface area (Å²) in [6, 6.07) is 9.89. The second-order valence-corrected chi connectivity index (χ2v) is 10.0. The number of nitrogens with zero attached hydrogens (tertiary/aromatic N) is 3.